The Morgan fingerprint density at radius 3 is 2.34 bits per heavy atom. The third-order valence-electron chi connectivity index (χ3n) is 5.61. The molecule has 0 aromatic heterocycles. The van der Waals surface area contributed by atoms with E-state index in [9.17, 15) is 19.5 Å². The van der Waals surface area contributed by atoms with Crippen molar-refractivity contribution in [2.75, 3.05) is 19.8 Å². The molecule has 0 aromatic carbocycles. The molecule has 6 unspecified atom stereocenters. The van der Waals surface area contributed by atoms with Crippen molar-refractivity contribution in [2.45, 2.75) is 91.0 Å². The summed E-state index contributed by atoms with van der Waals surface area (Å²) < 4.78 is 27.4. The van der Waals surface area contributed by atoms with Gasteiger partial charge in [-0.15, -0.1) is 0 Å². The molecule has 6 atom stereocenters. The van der Waals surface area contributed by atoms with Gasteiger partial charge in [0.1, 0.15) is 18.8 Å². The van der Waals surface area contributed by atoms with Gasteiger partial charge in [0.15, 0.2) is 18.5 Å². The minimum Gasteiger partial charge on any atom is -0.463 e. The molecule has 1 heterocycles. The monoisotopic (exact) mass is 500 g/mol. The molecule has 0 aromatic rings. The minimum atomic E-state index is -1.45. The predicted molar refractivity (Wildman–Crippen MR) is 126 cm³/mol. The molecule has 0 spiro atoms. The van der Waals surface area contributed by atoms with Gasteiger partial charge in [0, 0.05) is 13.8 Å². The smallest absolute Gasteiger partial charge is 0.309 e. The van der Waals surface area contributed by atoms with Gasteiger partial charge in [0.2, 0.25) is 0 Å². The van der Waals surface area contributed by atoms with E-state index in [1.807, 2.05) is 19.9 Å². The average Bonchev–Trinajstić information content (AvgIpc) is 2.80. The zero-order chi connectivity index (χ0) is 26.5. The van der Waals surface area contributed by atoms with E-state index in [0.717, 1.165) is 17.6 Å². The standard InChI is InChI=1S/C25H40O10/c1-7-17(4)24(30)35-23-21(29)25(31-12-11-15(2)9-8-10-16(3)13-26)34-20(14-32-18(5)27)22(23)33-19(6)28/h10,17,20-23,25-26,29H,2,7-9,11-14H2,1,3-6H3. The van der Waals surface area contributed by atoms with E-state index in [1.165, 1.54) is 13.8 Å². The lowest BCUT2D eigenvalue weighted by Gasteiger charge is -2.43. The van der Waals surface area contributed by atoms with Crippen molar-refractivity contribution in [2.24, 2.45) is 5.92 Å². The topological polar surface area (TPSA) is 138 Å². The first-order valence-corrected chi connectivity index (χ1v) is 11.9. The molecule has 1 aliphatic rings. The fourth-order valence-electron chi connectivity index (χ4n) is 3.28. The fourth-order valence-corrected chi connectivity index (χ4v) is 3.28. The normalized spacial score (nSPS) is 25.5. The van der Waals surface area contributed by atoms with Crippen LogP contribution in [0.1, 0.15) is 60.3 Å². The number of allylic oxidation sites excluding steroid dienone is 1. The predicted octanol–water partition coefficient (Wildman–Crippen LogP) is 2.21. The Morgan fingerprint density at radius 1 is 1.09 bits per heavy atom. The lowest BCUT2D eigenvalue weighted by molar-refractivity contribution is -0.306. The molecular weight excluding hydrogens is 460 g/mol. The zero-order valence-corrected chi connectivity index (χ0v) is 21.4. The van der Waals surface area contributed by atoms with Crippen molar-refractivity contribution in [3.8, 4) is 0 Å². The number of carbonyl (C=O) groups is 3. The van der Waals surface area contributed by atoms with Crippen LogP contribution in [0.2, 0.25) is 0 Å². The van der Waals surface area contributed by atoms with E-state index >= 15 is 0 Å². The summed E-state index contributed by atoms with van der Waals surface area (Å²) in [6.07, 6.45) is -1.82. The largest absolute Gasteiger partial charge is 0.463 e. The molecule has 1 aliphatic heterocycles. The molecule has 0 amide bonds. The molecule has 0 saturated carbocycles. The Kier molecular flexibility index (Phi) is 13.8. The average molecular weight is 501 g/mol. The van der Waals surface area contributed by atoms with Crippen molar-refractivity contribution < 1.29 is 48.3 Å². The molecule has 1 saturated heterocycles. The molecule has 1 fully saturated rings. The number of hydrogen-bond donors (Lipinski definition) is 2. The summed E-state index contributed by atoms with van der Waals surface area (Å²) >= 11 is 0. The molecule has 0 aliphatic carbocycles. The second kappa shape index (κ2) is 15.7. The summed E-state index contributed by atoms with van der Waals surface area (Å²) in [6.45, 7) is 11.6. The van der Waals surface area contributed by atoms with Crippen LogP contribution in [0.3, 0.4) is 0 Å². The highest BCUT2D eigenvalue weighted by Crippen LogP contribution is 2.29. The summed E-state index contributed by atoms with van der Waals surface area (Å²) in [4.78, 5) is 35.6. The Hall–Kier alpha value is -2.27. The van der Waals surface area contributed by atoms with E-state index in [0.29, 0.717) is 19.3 Å². The van der Waals surface area contributed by atoms with Crippen LogP contribution in [0.15, 0.2) is 23.8 Å². The molecule has 1 rings (SSSR count). The Bertz CT molecular complexity index is 747. The zero-order valence-electron chi connectivity index (χ0n) is 21.4. The van der Waals surface area contributed by atoms with Gasteiger partial charge in [-0.1, -0.05) is 37.6 Å². The molecule has 35 heavy (non-hydrogen) atoms. The Balaban J connectivity index is 2.93. The van der Waals surface area contributed by atoms with E-state index in [-0.39, 0.29) is 19.8 Å². The van der Waals surface area contributed by atoms with Gasteiger partial charge in [0.25, 0.3) is 0 Å². The van der Waals surface area contributed by atoms with Crippen LogP contribution in [0.4, 0.5) is 0 Å². The summed E-state index contributed by atoms with van der Waals surface area (Å²) in [5.41, 5.74) is 1.79. The van der Waals surface area contributed by atoms with Crippen molar-refractivity contribution >= 4 is 17.9 Å². The third kappa shape index (κ3) is 10.9. The first kappa shape index (κ1) is 30.8. The fraction of sp³-hybridized carbons (Fsp3) is 0.720. The number of carbonyl (C=O) groups excluding carboxylic acids is 3. The van der Waals surface area contributed by atoms with Crippen molar-refractivity contribution in [1.29, 1.82) is 0 Å². The van der Waals surface area contributed by atoms with Crippen LogP contribution in [0.25, 0.3) is 0 Å². The highest BCUT2D eigenvalue weighted by Gasteiger charge is 2.50. The summed E-state index contributed by atoms with van der Waals surface area (Å²) in [5, 5.41) is 20.0. The lowest BCUT2D eigenvalue weighted by atomic mass is 9.98. The second-order valence-electron chi connectivity index (χ2n) is 8.74. The number of ether oxygens (including phenoxy) is 5. The number of rotatable bonds is 14. The highest BCUT2D eigenvalue weighted by molar-refractivity contribution is 5.72. The summed E-state index contributed by atoms with van der Waals surface area (Å²) in [7, 11) is 0. The molecule has 10 heteroatoms. The molecule has 200 valence electrons. The SMILES string of the molecule is C=C(CCC=C(C)CO)CCOC1OC(COC(C)=O)C(OC(C)=O)C(OC(=O)C(C)CC)C1O. The van der Waals surface area contributed by atoms with Gasteiger partial charge >= 0.3 is 17.9 Å². The Morgan fingerprint density at radius 2 is 1.77 bits per heavy atom. The lowest BCUT2D eigenvalue weighted by Crippen LogP contribution is -2.62. The molecule has 0 radical (unpaired) electrons. The van der Waals surface area contributed by atoms with Crippen molar-refractivity contribution in [1.82, 2.24) is 0 Å². The van der Waals surface area contributed by atoms with Gasteiger partial charge in [-0.2, -0.15) is 0 Å². The van der Waals surface area contributed by atoms with Gasteiger partial charge in [0.05, 0.1) is 19.1 Å². The van der Waals surface area contributed by atoms with Gasteiger partial charge in [-0.25, -0.2) is 0 Å². The number of aliphatic hydroxyl groups excluding tert-OH is 2. The number of hydrogen-bond acceptors (Lipinski definition) is 10. The van der Waals surface area contributed by atoms with Crippen LogP contribution in [-0.2, 0) is 38.1 Å². The Labute approximate surface area is 207 Å². The van der Waals surface area contributed by atoms with Gasteiger partial charge in [-0.05, 0) is 32.6 Å². The van der Waals surface area contributed by atoms with Gasteiger partial charge < -0.3 is 33.9 Å². The highest BCUT2D eigenvalue weighted by atomic mass is 16.7. The summed E-state index contributed by atoms with van der Waals surface area (Å²) in [6, 6.07) is 0. The first-order chi connectivity index (χ1) is 16.5. The molecule has 2 N–H and O–H groups in total. The van der Waals surface area contributed by atoms with Crippen LogP contribution in [0, 0.1) is 5.92 Å². The van der Waals surface area contributed by atoms with E-state index < -0.39 is 54.5 Å². The maximum atomic E-state index is 12.5. The van der Waals surface area contributed by atoms with E-state index in [2.05, 4.69) is 6.58 Å². The van der Waals surface area contributed by atoms with Crippen LogP contribution in [-0.4, -0.2) is 78.6 Å². The van der Waals surface area contributed by atoms with E-state index in [1.54, 1.807) is 6.92 Å². The minimum absolute atomic E-state index is 0.0120. The maximum Gasteiger partial charge on any atom is 0.309 e. The second-order valence-corrected chi connectivity index (χ2v) is 8.74. The number of aliphatic hydroxyl groups is 2. The van der Waals surface area contributed by atoms with Crippen LogP contribution in [0.5, 0.6) is 0 Å². The third-order valence-corrected chi connectivity index (χ3v) is 5.61. The number of esters is 3. The van der Waals surface area contributed by atoms with Crippen LogP contribution < -0.4 is 0 Å². The molecule has 10 nitrogen and oxygen atoms in total. The quantitative estimate of drug-likeness (QED) is 0.207. The molecule has 0 bridgehead atoms. The maximum absolute atomic E-state index is 12.5. The van der Waals surface area contributed by atoms with Crippen LogP contribution >= 0.6 is 0 Å². The molecular formula is C25H40O10. The van der Waals surface area contributed by atoms with Crippen molar-refractivity contribution in [3.63, 3.8) is 0 Å². The van der Waals surface area contributed by atoms with E-state index in [4.69, 9.17) is 28.8 Å². The van der Waals surface area contributed by atoms with Crippen molar-refractivity contribution in [3.05, 3.63) is 23.8 Å². The van der Waals surface area contributed by atoms with Gasteiger partial charge in [-0.3, -0.25) is 14.4 Å². The summed E-state index contributed by atoms with van der Waals surface area (Å²) in [5.74, 6) is -2.26. The first-order valence-electron chi connectivity index (χ1n) is 11.9.